The van der Waals surface area contributed by atoms with E-state index in [4.69, 9.17) is 5.11 Å². The van der Waals surface area contributed by atoms with Crippen molar-refractivity contribution in [3.8, 4) is 0 Å². The second-order valence-electron chi connectivity index (χ2n) is 5.88. The minimum atomic E-state index is -1.12. The van der Waals surface area contributed by atoms with Crippen LogP contribution in [0.4, 0.5) is 0 Å². The minimum Gasteiger partial charge on any atom is -0.480 e. The Morgan fingerprint density at radius 2 is 2.05 bits per heavy atom. The van der Waals surface area contributed by atoms with Crippen molar-refractivity contribution in [2.75, 3.05) is 20.2 Å². The summed E-state index contributed by atoms with van der Waals surface area (Å²) < 4.78 is 4.48. The highest BCUT2D eigenvalue weighted by atomic mass is 16.5. The molecule has 1 saturated heterocycles. The Hall–Kier alpha value is -1.63. The Kier molecular flexibility index (Phi) is 4.82. The quantitative estimate of drug-likeness (QED) is 0.591. The Labute approximate surface area is 123 Å². The van der Waals surface area contributed by atoms with Gasteiger partial charge in [0.1, 0.15) is 6.04 Å². The molecule has 7 heteroatoms. The molecule has 1 aliphatic carbocycles. The predicted octanol–water partition coefficient (Wildman–Crippen LogP) is -0.101. The molecule has 1 aliphatic heterocycles. The highest BCUT2D eigenvalue weighted by Gasteiger charge is 2.57. The number of rotatable bonds is 6. The van der Waals surface area contributed by atoms with E-state index in [1.165, 1.54) is 7.11 Å². The number of piperidine rings is 1. The zero-order valence-corrected chi connectivity index (χ0v) is 12.2. The van der Waals surface area contributed by atoms with Crippen LogP contribution in [0.1, 0.15) is 32.1 Å². The molecule has 0 aromatic rings. The summed E-state index contributed by atoms with van der Waals surface area (Å²) in [5.74, 6) is -1.88. The standard InChI is InChI=1S/C14H22N2O5/c1-21-11(17)3-2-10(13(19)20)16-12(18)9-8-14(9)4-6-15-7-5-14/h9-10,15H,2-8H2,1H3,(H,16,18)(H,19,20)/t9?,10-/m1/s1. The number of esters is 1. The van der Waals surface area contributed by atoms with Gasteiger partial charge in [-0.2, -0.15) is 0 Å². The normalized spacial score (nSPS) is 24.1. The van der Waals surface area contributed by atoms with Gasteiger partial charge in [-0.05, 0) is 44.2 Å². The molecule has 2 atom stereocenters. The first kappa shape index (κ1) is 15.8. The molecular weight excluding hydrogens is 276 g/mol. The third kappa shape index (κ3) is 3.72. The lowest BCUT2D eigenvalue weighted by molar-refractivity contribution is -0.144. The summed E-state index contributed by atoms with van der Waals surface area (Å²) >= 11 is 0. The maximum absolute atomic E-state index is 12.2. The Morgan fingerprint density at radius 1 is 1.38 bits per heavy atom. The number of carbonyl (C=O) groups is 3. The summed E-state index contributed by atoms with van der Waals surface area (Å²) in [6, 6.07) is -1.03. The summed E-state index contributed by atoms with van der Waals surface area (Å²) in [6.45, 7) is 1.82. The molecule has 7 nitrogen and oxygen atoms in total. The molecule has 2 aliphatic rings. The van der Waals surface area contributed by atoms with Crippen LogP contribution in [-0.2, 0) is 19.1 Å². The molecule has 0 aromatic carbocycles. The molecular formula is C14H22N2O5. The second kappa shape index (κ2) is 6.43. The van der Waals surface area contributed by atoms with E-state index in [0.29, 0.717) is 0 Å². The van der Waals surface area contributed by atoms with E-state index in [2.05, 4.69) is 15.4 Å². The van der Waals surface area contributed by atoms with Crippen molar-refractivity contribution in [2.45, 2.75) is 38.1 Å². The van der Waals surface area contributed by atoms with Crippen LogP contribution < -0.4 is 10.6 Å². The van der Waals surface area contributed by atoms with Crippen LogP contribution in [0.15, 0.2) is 0 Å². The van der Waals surface area contributed by atoms with Gasteiger partial charge in [0.15, 0.2) is 0 Å². The number of carbonyl (C=O) groups excluding carboxylic acids is 2. The molecule has 0 radical (unpaired) electrons. The van der Waals surface area contributed by atoms with Gasteiger partial charge in [-0.1, -0.05) is 0 Å². The van der Waals surface area contributed by atoms with Crippen LogP contribution in [0.3, 0.4) is 0 Å². The Bertz CT molecular complexity index is 431. The second-order valence-corrected chi connectivity index (χ2v) is 5.88. The smallest absolute Gasteiger partial charge is 0.326 e. The van der Waals surface area contributed by atoms with Crippen LogP contribution in [0.5, 0.6) is 0 Å². The van der Waals surface area contributed by atoms with Gasteiger partial charge in [0, 0.05) is 12.3 Å². The highest BCUT2D eigenvalue weighted by molar-refractivity contribution is 5.87. The first-order chi connectivity index (χ1) is 9.98. The molecule has 118 valence electrons. The molecule has 21 heavy (non-hydrogen) atoms. The largest absolute Gasteiger partial charge is 0.480 e. The number of methoxy groups -OCH3 is 1. The molecule has 1 unspecified atom stereocenters. The number of hydrogen-bond donors (Lipinski definition) is 3. The fraction of sp³-hybridized carbons (Fsp3) is 0.786. The van der Waals surface area contributed by atoms with Crippen LogP contribution in [0.25, 0.3) is 0 Å². The monoisotopic (exact) mass is 298 g/mol. The van der Waals surface area contributed by atoms with E-state index in [0.717, 1.165) is 32.4 Å². The van der Waals surface area contributed by atoms with E-state index in [1.54, 1.807) is 0 Å². The maximum atomic E-state index is 12.2. The molecule has 2 fully saturated rings. The summed E-state index contributed by atoms with van der Waals surface area (Å²) in [4.78, 5) is 34.4. The number of nitrogens with one attached hydrogen (secondary N) is 2. The lowest BCUT2D eigenvalue weighted by Gasteiger charge is -2.23. The highest BCUT2D eigenvalue weighted by Crippen LogP contribution is 2.58. The van der Waals surface area contributed by atoms with Crippen molar-refractivity contribution in [3.63, 3.8) is 0 Å². The molecule has 1 amide bonds. The van der Waals surface area contributed by atoms with Crippen molar-refractivity contribution < 1.29 is 24.2 Å². The third-order valence-corrected chi connectivity index (χ3v) is 4.58. The first-order valence-corrected chi connectivity index (χ1v) is 7.29. The van der Waals surface area contributed by atoms with E-state index < -0.39 is 18.0 Å². The molecule has 1 heterocycles. The molecule has 0 bridgehead atoms. The van der Waals surface area contributed by atoms with Crippen LogP contribution in [-0.4, -0.2) is 49.2 Å². The lowest BCUT2D eigenvalue weighted by Crippen LogP contribution is -2.43. The van der Waals surface area contributed by atoms with E-state index in [1.807, 2.05) is 0 Å². The third-order valence-electron chi connectivity index (χ3n) is 4.58. The summed E-state index contributed by atoms with van der Waals surface area (Å²) in [6.07, 6.45) is 2.79. The van der Waals surface area contributed by atoms with Crippen LogP contribution in [0, 0.1) is 11.3 Å². The van der Waals surface area contributed by atoms with Gasteiger partial charge < -0.3 is 20.5 Å². The number of amides is 1. The fourth-order valence-corrected chi connectivity index (χ4v) is 3.09. The number of ether oxygens (including phenoxy) is 1. The van der Waals surface area contributed by atoms with Gasteiger partial charge in [-0.15, -0.1) is 0 Å². The molecule has 2 rings (SSSR count). The first-order valence-electron chi connectivity index (χ1n) is 7.29. The van der Waals surface area contributed by atoms with Crippen molar-refractivity contribution in [1.82, 2.24) is 10.6 Å². The van der Waals surface area contributed by atoms with Crippen LogP contribution in [0.2, 0.25) is 0 Å². The molecule has 0 aromatic heterocycles. The number of hydrogen-bond acceptors (Lipinski definition) is 5. The summed E-state index contributed by atoms with van der Waals surface area (Å²) in [5, 5.41) is 15.0. The Morgan fingerprint density at radius 3 is 2.62 bits per heavy atom. The topological polar surface area (TPSA) is 105 Å². The van der Waals surface area contributed by atoms with Gasteiger partial charge in [0.2, 0.25) is 5.91 Å². The minimum absolute atomic E-state index is 0.0204. The van der Waals surface area contributed by atoms with Gasteiger partial charge in [0.25, 0.3) is 0 Å². The van der Waals surface area contributed by atoms with Crippen molar-refractivity contribution in [3.05, 3.63) is 0 Å². The number of carboxylic acid groups (broad SMARTS) is 1. The van der Waals surface area contributed by atoms with Crippen molar-refractivity contribution >= 4 is 17.8 Å². The van der Waals surface area contributed by atoms with Gasteiger partial charge >= 0.3 is 11.9 Å². The zero-order valence-electron chi connectivity index (χ0n) is 12.2. The number of aliphatic carboxylic acids is 1. The van der Waals surface area contributed by atoms with Crippen molar-refractivity contribution in [2.24, 2.45) is 11.3 Å². The predicted molar refractivity (Wildman–Crippen MR) is 73.5 cm³/mol. The van der Waals surface area contributed by atoms with Gasteiger partial charge in [0.05, 0.1) is 7.11 Å². The zero-order chi connectivity index (χ0) is 15.5. The van der Waals surface area contributed by atoms with Gasteiger partial charge in [-0.25, -0.2) is 4.79 Å². The average Bonchev–Trinajstić information content (AvgIpc) is 3.16. The van der Waals surface area contributed by atoms with E-state index in [9.17, 15) is 14.4 Å². The average molecular weight is 298 g/mol. The number of carboxylic acids is 1. The van der Waals surface area contributed by atoms with Gasteiger partial charge in [-0.3, -0.25) is 9.59 Å². The Balaban J connectivity index is 1.84. The fourth-order valence-electron chi connectivity index (χ4n) is 3.09. The molecule has 1 spiro atoms. The lowest BCUT2D eigenvalue weighted by atomic mass is 9.91. The van der Waals surface area contributed by atoms with E-state index in [-0.39, 0.29) is 30.1 Å². The maximum Gasteiger partial charge on any atom is 0.326 e. The van der Waals surface area contributed by atoms with E-state index >= 15 is 0 Å². The SMILES string of the molecule is COC(=O)CC[C@@H](NC(=O)C1CC12CCNCC2)C(=O)O. The molecule has 1 saturated carbocycles. The summed E-state index contributed by atoms with van der Waals surface area (Å²) in [5.41, 5.74) is 0.0702. The molecule has 3 N–H and O–H groups in total. The summed E-state index contributed by atoms with van der Waals surface area (Å²) in [7, 11) is 1.25. The van der Waals surface area contributed by atoms with Crippen LogP contribution >= 0.6 is 0 Å². The van der Waals surface area contributed by atoms with Crippen molar-refractivity contribution in [1.29, 1.82) is 0 Å².